The predicted molar refractivity (Wildman–Crippen MR) is 75.6 cm³/mol. The van der Waals surface area contributed by atoms with Gasteiger partial charge < -0.3 is 14.7 Å². The van der Waals surface area contributed by atoms with Gasteiger partial charge in [-0.15, -0.1) is 0 Å². The number of rotatable bonds is 8. The lowest BCUT2D eigenvalue weighted by Gasteiger charge is -2.19. The quantitative estimate of drug-likeness (QED) is 0.747. The molecule has 6 heteroatoms. The van der Waals surface area contributed by atoms with E-state index < -0.39 is 11.9 Å². The zero-order valence-corrected chi connectivity index (χ0v) is 12.2. The van der Waals surface area contributed by atoms with Gasteiger partial charge in [-0.3, -0.25) is 9.59 Å². The third kappa shape index (κ3) is 6.25. The minimum Gasteiger partial charge on any atom is -0.494 e. The average molecular weight is 297 g/mol. The number of carbonyl (C=O) groups excluding carboxylic acids is 1. The average Bonchev–Trinajstić information content (AvgIpc) is 2.44. The van der Waals surface area contributed by atoms with E-state index in [2.05, 4.69) is 0 Å². The van der Waals surface area contributed by atoms with Gasteiger partial charge in [0.15, 0.2) is 0 Å². The van der Waals surface area contributed by atoms with Crippen molar-refractivity contribution in [2.24, 2.45) is 5.92 Å². The van der Waals surface area contributed by atoms with Crippen LogP contribution >= 0.6 is 0 Å². The van der Waals surface area contributed by atoms with Crippen molar-refractivity contribution in [1.29, 1.82) is 0 Å². The molecule has 1 rings (SSSR count). The smallest absolute Gasteiger partial charge is 0.308 e. The van der Waals surface area contributed by atoms with E-state index in [1.807, 2.05) is 0 Å². The van der Waals surface area contributed by atoms with Crippen molar-refractivity contribution in [3.63, 3.8) is 0 Å². The van der Waals surface area contributed by atoms with Crippen molar-refractivity contribution in [3.8, 4) is 5.75 Å². The highest BCUT2D eigenvalue weighted by Crippen LogP contribution is 2.11. The molecule has 21 heavy (non-hydrogen) atoms. The van der Waals surface area contributed by atoms with Gasteiger partial charge in [0.05, 0.1) is 12.5 Å². The van der Waals surface area contributed by atoms with E-state index in [1.54, 1.807) is 14.0 Å². The predicted octanol–water partition coefficient (Wildman–Crippen LogP) is 2.16. The van der Waals surface area contributed by atoms with Crippen LogP contribution in [-0.4, -0.2) is 42.1 Å². The molecule has 0 bridgehead atoms. The molecule has 116 valence electrons. The zero-order chi connectivity index (χ0) is 15.8. The van der Waals surface area contributed by atoms with Crippen LogP contribution in [0.1, 0.15) is 19.8 Å². The lowest BCUT2D eigenvalue weighted by atomic mass is 10.1. The molecule has 0 aliphatic carbocycles. The minimum absolute atomic E-state index is 0.120. The summed E-state index contributed by atoms with van der Waals surface area (Å²) >= 11 is 0. The second-order valence-corrected chi connectivity index (χ2v) is 4.92. The van der Waals surface area contributed by atoms with Crippen molar-refractivity contribution in [3.05, 3.63) is 30.1 Å². The van der Waals surface area contributed by atoms with Crippen molar-refractivity contribution in [1.82, 2.24) is 4.90 Å². The van der Waals surface area contributed by atoms with Crippen LogP contribution in [-0.2, 0) is 9.59 Å². The topological polar surface area (TPSA) is 66.8 Å². The number of amides is 1. The number of benzene rings is 1. The van der Waals surface area contributed by atoms with Gasteiger partial charge in [0, 0.05) is 20.0 Å². The molecule has 1 aromatic rings. The van der Waals surface area contributed by atoms with E-state index in [0.717, 1.165) is 0 Å². The molecule has 0 saturated carbocycles. The normalized spacial score (nSPS) is 11.8. The van der Waals surface area contributed by atoms with Crippen LogP contribution in [0.4, 0.5) is 4.39 Å². The molecule has 1 amide bonds. The molecule has 1 aromatic carbocycles. The number of halogens is 1. The van der Waals surface area contributed by atoms with Gasteiger partial charge in [-0.2, -0.15) is 0 Å². The molecule has 0 saturated heterocycles. The SMILES string of the molecule is CC(CN(C)C(=O)CCCOc1ccc(F)cc1)C(=O)O. The van der Waals surface area contributed by atoms with E-state index in [-0.39, 0.29) is 24.7 Å². The van der Waals surface area contributed by atoms with Crippen molar-refractivity contribution >= 4 is 11.9 Å². The number of aliphatic carboxylic acids is 1. The zero-order valence-electron chi connectivity index (χ0n) is 12.2. The number of carboxylic acid groups (broad SMARTS) is 1. The summed E-state index contributed by atoms with van der Waals surface area (Å²) in [5.41, 5.74) is 0. The lowest BCUT2D eigenvalue weighted by Crippen LogP contribution is -2.33. The molecule has 0 spiro atoms. The largest absolute Gasteiger partial charge is 0.494 e. The standard InChI is InChI=1S/C15H20FNO4/c1-11(15(19)20)10-17(2)14(18)4-3-9-21-13-7-5-12(16)6-8-13/h5-8,11H,3-4,9-10H2,1-2H3,(H,19,20). The molecule has 0 heterocycles. The number of carboxylic acids is 1. The molecule has 1 N–H and O–H groups in total. The Morgan fingerprint density at radius 3 is 2.52 bits per heavy atom. The van der Waals surface area contributed by atoms with Gasteiger partial charge in [-0.25, -0.2) is 4.39 Å². The van der Waals surface area contributed by atoms with Crippen LogP contribution in [0.25, 0.3) is 0 Å². The maximum atomic E-state index is 12.7. The number of carbonyl (C=O) groups is 2. The maximum Gasteiger partial charge on any atom is 0.308 e. The van der Waals surface area contributed by atoms with Crippen LogP contribution in [0.3, 0.4) is 0 Å². The fraction of sp³-hybridized carbons (Fsp3) is 0.467. The van der Waals surface area contributed by atoms with Gasteiger partial charge in [0.25, 0.3) is 0 Å². The Bertz CT molecular complexity index is 475. The van der Waals surface area contributed by atoms with E-state index in [4.69, 9.17) is 9.84 Å². The summed E-state index contributed by atoms with van der Waals surface area (Å²) in [6.07, 6.45) is 0.798. The van der Waals surface area contributed by atoms with Gasteiger partial charge in [0.2, 0.25) is 5.91 Å². The van der Waals surface area contributed by atoms with Gasteiger partial charge >= 0.3 is 5.97 Å². The summed E-state index contributed by atoms with van der Waals surface area (Å²) < 4.78 is 18.1. The summed E-state index contributed by atoms with van der Waals surface area (Å²) in [5, 5.41) is 8.79. The number of hydrogen-bond donors (Lipinski definition) is 1. The molecule has 1 atom stereocenters. The van der Waals surface area contributed by atoms with Crippen molar-refractivity contribution < 1.29 is 23.8 Å². The first-order chi connectivity index (χ1) is 9.90. The second-order valence-electron chi connectivity index (χ2n) is 4.92. The van der Waals surface area contributed by atoms with E-state index in [9.17, 15) is 14.0 Å². The molecule has 0 fully saturated rings. The molecule has 0 radical (unpaired) electrons. The van der Waals surface area contributed by atoms with Gasteiger partial charge in [0.1, 0.15) is 11.6 Å². The Morgan fingerprint density at radius 2 is 1.95 bits per heavy atom. The van der Waals surface area contributed by atoms with E-state index in [0.29, 0.717) is 18.8 Å². The highest BCUT2D eigenvalue weighted by Gasteiger charge is 2.16. The Kier molecular flexibility index (Phi) is 6.65. The highest BCUT2D eigenvalue weighted by atomic mass is 19.1. The number of nitrogens with zero attached hydrogens (tertiary/aromatic N) is 1. The molecule has 0 aliphatic heterocycles. The fourth-order valence-corrected chi connectivity index (χ4v) is 1.73. The van der Waals surface area contributed by atoms with E-state index >= 15 is 0 Å². The Balaban J connectivity index is 2.24. The lowest BCUT2D eigenvalue weighted by molar-refractivity contribution is -0.142. The summed E-state index contributed by atoms with van der Waals surface area (Å²) in [4.78, 5) is 23.9. The molecule has 0 aliphatic rings. The third-order valence-corrected chi connectivity index (χ3v) is 3.01. The minimum atomic E-state index is -0.922. The molecule has 5 nitrogen and oxygen atoms in total. The Morgan fingerprint density at radius 1 is 1.33 bits per heavy atom. The summed E-state index contributed by atoms with van der Waals surface area (Å²) in [6, 6.07) is 5.67. The molecular formula is C15H20FNO4. The first kappa shape index (κ1) is 16.9. The van der Waals surface area contributed by atoms with Gasteiger partial charge in [-0.1, -0.05) is 6.92 Å². The van der Waals surface area contributed by atoms with Gasteiger partial charge in [-0.05, 0) is 30.7 Å². The summed E-state index contributed by atoms with van der Waals surface area (Å²) in [7, 11) is 1.59. The molecule has 1 unspecified atom stereocenters. The number of hydrogen-bond acceptors (Lipinski definition) is 3. The second kappa shape index (κ2) is 8.24. The van der Waals surface area contributed by atoms with Crippen molar-refractivity contribution in [2.75, 3.05) is 20.2 Å². The molecule has 0 aromatic heterocycles. The first-order valence-corrected chi connectivity index (χ1v) is 6.75. The fourth-order valence-electron chi connectivity index (χ4n) is 1.73. The van der Waals surface area contributed by atoms with Crippen molar-refractivity contribution in [2.45, 2.75) is 19.8 Å². The summed E-state index contributed by atoms with van der Waals surface area (Å²) in [5.74, 6) is -1.40. The Hall–Kier alpha value is -2.11. The van der Waals surface area contributed by atoms with Crippen LogP contribution in [0.15, 0.2) is 24.3 Å². The monoisotopic (exact) mass is 297 g/mol. The molecular weight excluding hydrogens is 277 g/mol. The van der Waals surface area contributed by atoms with Crippen LogP contribution < -0.4 is 4.74 Å². The maximum absolute atomic E-state index is 12.7. The first-order valence-electron chi connectivity index (χ1n) is 6.75. The summed E-state index contributed by atoms with van der Waals surface area (Å²) in [6.45, 7) is 2.09. The van der Waals surface area contributed by atoms with Crippen LogP contribution in [0, 0.1) is 11.7 Å². The number of ether oxygens (including phenoxy) is 1. The van der Waals surface area contributed by atoms with E-state index in [1.165, 1.54) is 29.2 Å². The Labute approximate surface area is 123 Å². The van der Waals surface area contributed by atoms with Crippen LogP contribution in [0.5, 0.6) is 5.75 Å². The third-order valence-electron chi connectivity index (χ3n) is 3.01. The van der Waals surface area contributed by atoms with Crippen LogP contribution in [0.2, 0.25) is 0 Å². The highest BCUT2D eigenvalue weighted by molar-refractivity contribution is 5.77.